The molecule has 1 saturated heterocycles. The van der Waals surface area contributed by atoms with E-state index in [2.05, 4.69) is 10.2 Å². The molecule has 0 saturated carbocycles. The number of carbonyl (C=O) groups is 2. The molecule has 0 radical (unpaired) electrons. The van der Waals surface area contributed by atoms with Crippen LogP contribution in [-0.4, -0.2) is 66.9 Å². The first-order chi connectivity index (χ1) is 12.9. The van der Waals surface area contributed by atoms with Gasteiger partial charge in [0, 0.05) is 31.1 Å². The van der Waals surface area contributed by atoms with Crippen molar-refractivity contribution in [1.82, 2.24) is 9.80 Å². The predicted molar refractivity (Wildman–Crippen MR) is 110 cm³/mol. The van der Waals surface area contributed by atoms with Crippen molar-refractivity contribution in [3.05, 3.63) is 24.3 Å². The molecule has 1 aromatic carbocycles. The zero-order valence-corrected chi connectivity index (χ0v) is 17.6. The number of para-hydroxylation sites is 1. The Bertz CT molecular complexity index is 639. The van der Waals surface area contributed by atoms with Crippen molar-refractivity contribution in [2.24, 2.45) is 5.92 Å². The van der Waals surface area contributed by atoms with Crippen LogP contribution >= 0.6 is 11.8 Å². The maximum atomic E-state index is 12.7. The van der Waals surface area contributed by atoms with Gasteiger partial charge in [-0.1, -0.05) is 26.0 Å². The van der Waals surface area contributed by atoms with Crippen molar-refractivity contribution in [2.75, 3.05) is 44.4 Å². The number of amides is 2. The molecule has 2 rings (SSSR count). The van der Waals surface area contributed by atoms with Crippen LogP contribution in [0, 0.1) is 5.92 Å². The van der Waals surface area contributed by atoms with Crippen LogP contribution in [0.5, 0.6) is 0 Å². The largest absolute Gasteiger partial charge is 0.449 e. The molecule has 1 fully saturated rings. The Kier molecular flexibility index (Phi) is 8.44. The van der Waals surface area contributed by atoms with Crippen LogP contribution in [0.25, 0.3) is 0 Å². The van der Waals surface area contributed by atoms with E-state index >= 15 is 0 Å². The first-order valence-corrected chi connectivity index (χ1v) is 10.7. The normalized spacial score (nSPS) is 16.7. The average molecular weight is 394 g/mol. The molecule has 1 heterocycles. The summed E-state index contributed by atoms with van der Waals surface area (Å²) in [5, 5.41) is 3.04. The van der Waals surface area contributed by atoms with Crippen molar-refractivity contribution in [1.29, 1.82) is 0 Å². The fourth-order valence-electron chi connectivity index (χ4n) is 2.99. The Balaban J connectivity index is 1.90. The Labute approximate surface area is 166 Å². The summed E-state index contributed by atoms with van der Waals surface area (Å²) in [5.41, 5.74) is 0.843. The zero-order valence-electron chi connectivity index (χ0n) is 16.7. The monoisotopic (exact) mass is 393 g/mol. The molecule has 7 heteroatoms. The molecule has 150 valence electrons. The lowest BCUT2D eigenvalue weighted by molar-refractivity contribution is -0.120. The van der Waals surface area contributed by atoms with E-state index in [4.69, 9.17) is 4.74 Å². The van der Waals surface area contributed by atoms with Crippen LogP contribution in [0.2, 0.25) is 0 Å². The summed E-state index contributed by atoms with van der Waals surface area (Å²) in [7, 11) is 0. The van der Waals surface area contributed by atoms with Crippen molar-refractivity contribution < 1.29 is 14.3 Å². The van der Waals surface area contributed by atoms with E-state index in [-0.39, 0.29) is 18.0 Å². The van der Waals surface area contributed by atoms with Gasteiger partial charge in [0.25, 0.3) is 0 Å². The molecule has 1 aliphatic heterocycles. The van der Waals surface area contributed by atoms with E-state index in [1.54, 1.807) is 16.7 Å². The first kappa shape index (κ1) is 21.6. The second-order valence-corrected chi connectivity index (χ2v) is 8.06. The van der Waals surface area contributed by atoms with Crippen LogP contribution in [0.4, 0.5) is 10.5 Å². The Morgan fingerprint density at radius 3 is 2.59 bits per heavy atom. The van der Waals surface area contributed by atoms with Gasteiger partial charge in [0.2, 0.25) is 5.91 Å². The van der Waals surface area contributed by atoms with Crippen LogP contribution in [0.3, 0.4) is 0 Å². The van der Waals surface area contributed by atoms with Gasteiger partial charge in [-0.15, -0.1) is 11.8 Å². The standard InChI is InChI=1S/C20H31N3O3S/c1-15(2)14-26-20(25)23-11-7-10-22(12-13-23)16(3)19(24)21-17-8-5-6-9-18(17)27-4/h5-6,8-9,15-16H,7,10-14H2,1-4H3,(H,21,24). The highest BCUT2D eigenvalue weighted by Gasteiger charge is 2.26. The lowest BCUT2D eigenvalue weighted by Gasteiger charge is -2.27. The maximum Gasteiger partial charge on any atom is 0.409 e. The summed E-state index contributed by atoms with van der Waals surface area (Å²) >= 11 is 1.61. The van der Waals surface area contributed by atoms with Gasteiger partial charge in [-0.05, 0) is 37.7 Å². The van der Waals surface area contributed by atoms with Gasteiger partial charge in [0.1, 0.15) is 0 Å². The SMILES string of the molecule is CSc1ccccc1NC(=O)C(C)N1CCCN(C(=O)OCC(C)C)CC1. The molecule has 0 aromatic heterocycles. The third kappa shape index (κ3) is 6.43. The lowest BCUT2D eigenvalue weighted by atomic mass is 10.2. The second-order valence-electron chi connectivity index (χ2n) is 7.21. The molecule has 2 amide bonds. The third-order valence-corrected chi connectivity index (χ3v) is 5.42. The number of nitrogens with one attached hydrogen (secondary N) is 1. The molecule has 1 unspecified atom stereocenters. The average Bonchev–Trinajstić information content (AvgIpc) is 2.92. The topological polar surface area (TPSA) is 61.9 Å². The molecule has 0 aliphatic carbocycles. The number of rotatable bonds is 6. The summed E-state index contributed by atoms with van der Waals surface area (Å²) in [5.74, 6) is 0.303. The Morgan fingerprint density at radius 1 is 1.15 bits per heavy atom. The molecule has 1 aromatic rings. The minimum Gasteiger partial charge on any atom is -0.449 e. The van der Waals surface area contributed by atoms with E-state index in [1.165, 1.54) is 0 Å². The number of carbonyl (C=O) groups excluding carboxylic acids is 2. The van der Waals surface area contributed by atoms with Crippen LogP contribution < -0.4 is 5.32 Å². The molecule has 6 nitrogen and oxygen atoms in total. The summed E-state index contributed by atoms with van der Waals surface area (Å²) < 4.78 is 5.33. The number of hydrogen-bond donors (Lipinski definition) is 1. The molecule has 1 aliphatic rings. The Morgan fingerprint density at radius 2 is 1.89 bits per heavy atom. The number of nitrogens with zero attached hydrogens (tertiary/aromatic N) is 2. The van der Waals surface area contributed by atoms with Crippen LogP contribution in [0.1, 0.15) is 27.2 Å². The van der Waals surface area contributed by atoms with Gasteiger partial charge < -0.3 is 15.0 Å². The van der Waals surface area contributed by atoms with Gasteiger partial charge in [0.05, 0.1) is 18.3 Å². The summed E-state index contributed by atoms with van der Waals surface area (Å²) in [6.07, 6.45) is 2.57. The Hall–Kier alpha value is -1.73. The number of ether oxygens (including phenoxy) is 1. The van der Waals surface area contributed by atoms with Gasteiger partial charge in [-0.3, -0.25) is 9.69 Å². The molecule has 27 heavy (non-hydrogen) atoms. The molecule has 1 N–H and O–H groups in total. The fraction of sp³-hybridized carbons (Fsp3) is 0.600. The van der Waals surface area contributed by atoms with Gasteiger partial charge in [-0.25, -0.2) is 4.79 Å². The van der Waals surface area contributed by atoms with E-state index in [0.29, 0.717) is 32.2 Å². The van der Waals surface area contributed by atoms with Crippen molar-refractivity contribution in [3.63, 3.8) is 0 Å². The van der Waals surface area contributed by atoms with Crippen LogP contribution in [-0.2, 0) is 9.53 Å². The summed E-state index contributed by atoms with van der Waals surface area (Å²) in [6.45, 7) is 9.09. The van der Waals surface area contributed by atoms with Crippen molar-refractivity contribution >= 4 is 29.4 Å². The first-order valence-electron chi connectivity index (χ1n) is 9.52. The second kappa shape index (κ2) is 10.6. The number of thioether (sulfide) groups is 1. The van der Waals surface area contributed by atoms with E-state index in [1.807, 2.05) is 51.3 Å². The minimum atomic E-state index is -0.258. The highest BCUT2D eigenvalue weighted by molar-refractivity contribution is 7.98. The predicted octanol–water partition coefficient (Wildman–Crippen LogP) is 3.54. The molecular weight excluding hydrogens is 362 g/mol. The molecule has 1 atom stereocenters. The minimum absolute atomic E-state index is 0.0210. The van der Waals surface area contributed by atoms with E-state index in [0.717, 1.165) is 23.5 Å². The number of anilines is 1. The maximum absolute atomic E-state index is 12.7. The lowest BCUT2D eigenvalue weighted by Crippen LogP contribution is -2.44. The molecule has 0 spiro atoms. The smallest absolute Gasteiger partial charge is 0.409 e. The van der Waals surface area contributed by atoms with E-state index in [9.17, 15) is 9.59 Å². The molecule has 0 bridgehead atoms. The van der Waals surface area contributed by atoms with Crippen LogP contribution in [0.15, 0.2) is 29.2 Å². The zero-order chi connectivity index (χ0) is 19.8. The molecular formula is C20H31N3O3S. The van der Waals surface area contributed by atoms with E-state index < -0.39 is 0 Å². The highest BCUT2D eigenvalue weighted by atomic mass is 32.2. The quantitative estimate of drug-likeness (QED) is 0.749. The summed E-state index contributed by atoms with van der Waals surface area (Å²) in [6, 6.07) is 7.55. The number of benzene rings is 1. The van der Waals surface area contributed by atoms with Gasteiger partial charge >= 0.3 is 6.09 Å². The summed E-state index contributed by atoms with van der Waals surface area (Å²) in [4.78, 5) is 29.8. The number of hydrogen-bond acceptors (Lipinski definition) is 5. The fourth-order valence-corrected chi connectivity index (χ4v) is 3.54. The van der Waals surface area contributed by atoms with Crippen molar-refractivity contribution in [2.45, 2.75) is 38.1 Å². The van der Waals surface area contributed by atoms with Gasteiger partial charge in [-0.2, -0.15) is 0 Å². The van der Waals surface area contributed by atoms with Crippen molar-refractivity contribution in [3.8, 4) is 0 Å². The third-order valence-electron chi connectivity index (χ3n) is 4.62. The van der Waals surface area contributed by atoms with Gasteiger partial charge in [0.15, 0.2) is 0 Å². The highest BCUT2D eigenvalue weighted by Crippen LogP contribution is 2.25.